The third kappa shape index (κ3) is 4.44. The van der Waals surface area contributed by atoms with Crippen molar-refractivity contribution in [3.8, 4) is 0 Å². The second kappa shape index (κ2) is 7.77. The standard InChI is InChI=1S/C19H27N3O/c1-21(13-16-7-3-2-4-8-16)14-17(23)15-22-12-6-10-19(22)18-9-5-11-20-18/h2-5,7-9,11,17,19-20,23H,6,10,12-15H2,1H3/t17-,19+/m0/s1. The first kappa shape index (κ1) is 16.2. The molecule has 4 nitrogen and oxygen atoms in total. The van der Waals surface area contributed by atoms with Gasteiger partial charge < -0.3 is 10.1 Å². The van der Waals surface area contributed by atoms with E-state index in [2.05, 4.69) is 58.2 Å². The van der Waals surface area contributed by atoms with E-state index in [9.17, 15) is 5.11 Å². The Morgan fingerprint density at radius 2 is 2.09 bits per heavy atom. The van der Waals surface area contributed by atoms with Gasteiger partial charge in [-0.1, -0.05) is 30.3 Å². The van der Waals surface area contributed by atoms with Crippen LogP contribution in [0.2, 0.25) is 0 Å². The number of hydrogen-bond donors (Lipinski definition) is 2. The van der Waals surface area contributed by atoms with Gasteiger partial charge in [0.15, 0.2) is 0 Å². The van der Waals surface area contributed by atoms with Crippen LogP contribution in [0.15, 0.2) is 48.7 Å². The zero-order chi connectivity index (χ0) is 16.1. The number of hydrogen-bond acceptors (Lipinski definition) is 3. The van der Waals surface area contributed by atoms with Gasteiger partial charge in [-0.15, -0.1) is 0 Å². The number of nitrogens with zero attached hydrogens (tertiary/aromatic N) is 2. The summed E-state index contributed by atoms with van der Waals surface area (Å²) in [5, 5.41) is 10.5. The lowest BCUT2D eigenvalue weighted by atomic mass is 10.1. The van der Waals surface area contributed by atoms with Crippen LogP contribution in [0, 0.1) is 0 Å². The lowest BCUT2D eigenvalue weighted by molar-refractivity contribution is 0.0745. The lowest BCUT2D eigenvalue weighted by Crippen LogP contribution is -2.38. The number of H-pyrrole nitrogens is 1. The fraction of sp³-hybridized carbons (Fsp3) is 0.474. The number of aromatic amines is 1. The first-order valence-electron chi connectivity index (χ1n) is 8.50. The van der Waals surface area contributed by atoms with Crippen molar-refractivity contribution in [3.63, 3.8) is 0 Å². The first-order valence-corrected chi connectivity index (χ1v) is 8.50. The molecule has 0 spiro atoms. The van der Waals surface area contributed by atoms with E-state index in [1.165, 1.54) is 24.1 Å². The van der Waals surface area contributed by atoms with E-state index in [4.69, 9.17) is 0 Å². The normalized spacial score (nSPS) is 20.2. The number of likely N-dealkylation sites (tertiary alicyclic amines) is 1. The Labute approximate surface area is 138 Å². The predicted molar refractivity (Wildman–Crippen MR) is 93.1 cm³/mol. The second-order valence-electron chi connectivity index (χ2n) is 6.61. The van der Waals surface area contributed by atoms with Gasteiger partial charge >= 0.3 is 0 Å². The van der Waals surface area contributed by atoms with Crippen molar-refractivity contribution >= 4 is 0 Å². The third-order valence-corrected chi connectivity index (χ3v) is 4.61. The van der Waals surface area contributed by atoms with E-state index >= 15 is 0 Å². The zero-order valence-corrected chi connectivity index (χ0v) is 13.9. The molecule has 1 aliphatic rings. The van der Waals surface area contributed by atoms with E-state index in [0.717, 1.165) is 19.6 Å². The van der Waals surface area contributed by atoms with Crippen LogP contribution in [-0.2, 0) is 6.54 Å². The minimum atomic E-state index is -0.320. The molecule has 1 fully saturated rings. The summed E-state index contributed by atoms with van der Waals surface area (Å²) in [6, 6.07) is 15.0. The van der Waals surface area contributed by atoms with Crippen LogP contribution >= 0.6 is 0 Å². The second-order valence-corrected chi connectivity index (χ2v) is 6.61. The molecular weight excluding hydrogens is 286 g/mol. The van der Waals surface area contributed by atoms with Crippen molar-refractivity contribution in [2.24, 2.45) is 0 Å². The summed E-state index contributed by atoms with van der Waals surface area (Å²) >= 11 is 0. The maximum absolute atomic E-state index is 10.5. The molecule has 0 aliphatic carbocycles. The average Bonchev–Trinajstić information content (AvgIpc) is 3.18. The van der Waals surface area contributed by atoms with Crippen LogP contribution < -0.4 is 0 Å². The molecule has 4 heteroatoms. The molecule has 2 N–H and O–H groups in total. The average molecular weight is 313 g/mol. The Bertz CT molecular complexity index is 570. The Hall–Kier alpha value is -1.62. The van der Waals surface area contributed by atoms with Crippen molar-refractivity contribution in [3.05, 3.63) is 59.9 Å². The Balaban J connectivity index is 1.49. The maximum atomic E-state index is 10.5. The highest BCUT2D eigenvalue weighted by molar-refractivity contribution is 5.14. The predicted octanol–water partition coefficient (Wildman–Crippen LogP) is 2.64. The Kier molecular flexibility index (Phi) is 5.49. The van der Waals surface area contributed by atoms with Crippen LogP contribution in [0.5, 0.6) is 0 Å². The molecule has 1 aromatic carbocycles. The summed E-state index contributed by atoms with van der Waals surface area (Å²) in [6.45, 7) is 3.38. The molecule has 2 aromatic rings. The summed E-state index contributed by atoms with van der Waals surface area (Å²) in [4.78, 5) is 7.93. The van der Waals surface area contributed by atoms with Crippen molar-refractivity contribution in [2.45, 2.75) is 31.5 Å². The van der Waals surface area contributed by atoms with Crippen LogP contribution in [0.4, 0.5) is 0 Å². The smallest absolute Gasteiger partial charge is 0.0794 e. The molecule has 1 aliphatic heterocycles. The lowest BCUT2D eigenvalue weighted by Gasteiger charge is -2.28. The number of aliphatic hydroxyl groups excluding tert-OH is 1. The molecule has 124 valence electrons. The number of benzene rings is 1. The highest BCUT2D eigenvalue weighted by Gasteiger charge is 2.28. The van der Waals surface area contributed by atoms with E-state index in [1.54, 1.807) is 0 Å². The monoisotopic (exact) mass is 313 g/mol. The van der Waals surface area contributed by atoms with Gasteiger partial charge in [0.2, 0.25) is 0 Å². The number of nitrogens with one attached hydrogen (secondary N) is 1. The molecule has 0 saturated carbocycles. The summed E-state index contributed by atoms with van der Waals surface area (Å²) in [5.74, 6) is 0. The summed E-state index contributed by atoms with van der Waals surface area (Å²) < 4.78 is 0. The topological polar surface area (TPSA) is 42.5 Å². The first-order chi connectivity index (χ1) is 11.2. The molecule has 0 radical (unpaired) electrons. The number of aromatic nitrogens is 1. The van der Waals surface area contributed by atoms with Crippen LogP contribution in [0.25, 0.3) is 0 Å². The molecule has 1 saturated heterocycles. The van der Waals surface area contributed by atoms with Gasteiger partial charge in [0.05, 0.1) is 6.10 Å². The van der Waals surface area contributed by atoms with Crippen LogP contribution in [0.1, 0.15) is 30.1 Å². The fourth-order valence-electron chi connectivity index (χ4n) is 3.60. The molecular formula is C19H27N3O. The van der Waals surface area contributed by atoms with Crippen LogP contribution in [0.3, 0.4) is 0 Å². The number of β-amino-alcohol motifs (C(OH)–C–C–N with tert-alkyl or cyclic N) is 1. The van der Waals surface area contributed by atoms with E-state index in [1.807, 2.05) is 12.3 Å². The highest BCUT2D eigenvalue weighted by atomic mass is 16.3. The largest absolute Gasteiger partial charge is 0.390 e. The van der Waals surface area contributed by atoms with Gasteiger partial charge in [-0.25, -0.2) is 0 Å². The molecule has 2 heterocycles. The van der Waals surface area contributed by atoms with Crippen molar-refractivity contribution in [1.82, 2.24) is 14.8 Å². The SMILES string of the molecule is CN(Cc1ccccc1)C[C@H](O)CN1CCC[C@@H]1c1ccc[nH]1. The minimum absolute atomic E-state index is 0.320. The number of likely N-dealkylation sites (N-methyl/N-ethyl adjacent to an activating group) is 1. The Morgan fingerprint density at radius 1 is 1.26 bits per heavy atom. The molecule has 3 rings (SSSR count). The molecule has 0 bridgehead atoms. The zero-order valence-electron chi connectivity index (χ0n) is 13.9. The van der Waals surface area contributed by atoms with Gasteiger partial charge in [-0.05, 0) is 44.1 Å². The van der Waals surface area contributed by atoms with E-state index in [-0.39, 0.29) is 6.10 Å². The summed E-state index contributed by atoms with van der Waals surface area (Å²) in [7, 11) is 2.07. The van der Waals surface area contributed by atoms with Gasteiger partial charge in [-0.3, -0.25) is 9.80 Å². The van der Waals surface area contributed by atoms with Crippen molar-refractivity contribution < 1.29 is 5.11 Å². The molecule has 0 unspecified atom stereocenters. The number of rotatable bonds is 7. The van der Waals surface area contributed by atoms with Gasteiger partial charge in [0.25, 0.3) is 0 Å². The quantitative estimate of drug-likeness (QED) is 0.826. The van der Waals surface area contributed by atoms with Gasteiger partial charge in [0, 0.05) is 37.6 Å². The van der Waals surface area contributed by atoms with Gasteiger partial charge in [-0.2, -0.15) is 0 Å². The third-order valence-electron chi connectivity index (χ3n) is 4.61. The molecule has 2 atom stereocenters. The summed E-state index contributed by atoms with van der Waals surface area (Å²) in [6.07, 6.45) is 4.04. The van der Waals surface area contributed by atoms with Gasteiger partial charge in [0.1, 0.15) is 0 Å². The van der Waals surface area contributed by atoms with E-state index < -0.39 is 0 Å². The Morgan fingerprint density at radius 3 is 2.83 bits per heavy atom. The molecule has 0 amide bonds. The molecule has 1 aromatic heterocycles. The minimum Gasteiger partial charge on any atom is -0.390 e. The number of aliphatic hydroxyl groups is 1. The molecule has 23 heavy (non-hydrogen) atoms. The highest BCUT2D eigenvalue weighted by Crippen LogP contribution is 2.30. The van der Waals surface area contributed by atoms with Crippen LogP contribution in [-0.4, -0.2) is 52.7 Å². The van der Waals surface area contributed by atoms with Crippen molar-refractivity contribution in [2.75, 3.05) is 26.7 Å². The fourth-order valence-corrected chi connectivity index (χ4v) is 3.60. The van der Waals surface area contributed by atoms with Crippen molar-refractivity contribution in [1.29, 1.82) is 0 Å². The van der Waals surface area contributed by atoms with E-state index in [0.29, 0.717) is 12.6 Å². The summed E-state index contributed by atoms with van der Waals surface area (Å²) in [5.41, 5.74) is 2.56. The maximum Gasteiger partial charge on any atom is 0.0794 e.